The monoisotopic (exact) mass is 518 g/mol. The SMILES string of the molecule is Cc1csc2c(-n3nc(Nc4cccc(F)c4C4CCN([C@H]5C[C@@H]6CC[C@H]5C6)CC4)nc3N)ncnc12. The molecule has 8 nitrogen and oxygen atoms in total. The minimum Gasteiger partial charge on any atom is -0.368 e. The highest BCUT2D eigenvalue weighted by molar-refractivity contribution is 7.17. The van der Waals surface area contributed by atoms with E-state index in [-0.39, 0.29) is 17.7 Å². The van der Waals surface area contributed by atoms with E-state index in [2.05, 4.69) is 30.3 Å². The fourth-order valence-electron chi connectivity index (χ4n) is 7.00. The molecule has 0 radical (unpaired) electrons. The van der Waals surface area contributed by atoms with Crippen molar-refractivity contribution in [3.8, 4) is 5.82 Å². The lowest BCUT2D eigenvalue weighted by molar-refractivity contribution is 0.110. The molecule has 4 heterocycles. The summed E-state index contributed by atoms with van der Waals surface area (Å²) in [5, 5.41) is 9.90. The number of hydrogen-bond acceptors (Lipinski definition) is 8. The average molecular weight is 519 g/mol. The topological polar surface area (TPSA) is 97.8 Å². The number of fused-ring (bicyclic) bond motifs is 3. The van der Waals surface area contributed by atoms with Crippen LogP contribution in [0.15, 0.2) is 29.9 Å². The van der Waals surface area contributed by atoms with Crippen molar-refractivity contribution in [3.63, 3.8) is 0 Å². The highest BCUT2D eigenvalue weighted by Crippen LogP contribution is 2.48. The third-order valence-electron chi connectivity index (χ3n) is 8.75. The number of halogens is 1. The normalized spacial score (nSPS) is 24.3. The average Bonchev–Trinajstić information content (AvgIpc) is 3.69. The van der Waals surface area contributed by atoms with E-state index in [0.717, 1.165) is 65.2 Å². The second kappa shape index (κ2) is 9.02. The number of benzene rings is 1. The van der Waals surface area contributed by atoms with E-state index in [1.54, 1.807) is 23.5 Å². The number of aromatic nitrogens is 5. The summed E-state index contributed by atoms with van der Waals surface area (Å²) in [5.74, 6) is 2.93. The molecule has 3 atom stereocenters. The van der Waals surface area contributed by atoms with E-state index in [1.807, 2.05) is 18.4 Å². The van der Waals surface area contributed by atoms with Crippen LogP contribution in [-0.2, 0) is 0 Å². The van der Waals surface area contributed by atoms with Crippen molar-refractivity contribution in [1.29, 1.82) is 0 Å². The number of aryl methyl sites for hydroxylation is 1. The molecule has 2 bridgehead atoms. The van der Waals surface area contributed by atoms with Gasteiger partial charge < -0.3 is 16.0 Å². The van der Waals surface area contributed by atoms with Crippen LogP contribution in [-0.4, -0.2) is 48.8 Å². The Bertz CT molecular complexity index is 1460. The Morgan fingerprint density at radius 1 is 1.11 bits per heavy atom. The molecule has 3 aliphatic rings. The molecule has 1 aromatic carbocycles. The van der Waals surface area contributed by atoms with Gasteiger partial charge in [0.2, 0.25) is 11.9 Å². The second-order valence-corrected chi connectivity index (χ2v) is 11.8. The first-order valence-corrected chi connectivity index (χ1v) is 14.1. The number of nitrogens with zero attached hydrogens (tertiary/aromatic N) is 6. The van der Waals surface area contributed by atoms with E-state index < -0.39 is 0 Å². The van der Waals surface area contributed by atoms with Crippen LogP contribution in [0.25, 0.3) is 16.0 Å². The van der Waals surface area contributed by atoms with Crippen molar-refractivity contribution in [1.82, 2.24) is 29.6 Å². The Balaban J connectivity index is 1.12. The first-order chi connectivity index (χ1) is 18.0. The number of anilines is 3. The number of rotatable bonds is 5. The van der Waals surface area contributed by atoms with Crippen LogP contribution in [0.2, 0.25) is 0 Å². The van der Waals surface area contributed by atoms with E-state index >= 15 is 4.39 Å². The van der Waals surface area contributed by atoms with Gasteiger partial charge in [-0.25, -0.2) is 14.4 Å². The van der Waals surface area contributed by atoms with Crippen LogP contribution >= 0.6 is 11.3 Å². The minimum absolute atomic E-state index is 0.161. The molecule has 1 aliphatic heterocycles. The molecular weight excluding hydrogens is 487 g/mol. The van der Waals surface area contributed by atoms with Crippen LogP contribution in [0.3, 0.4) is 0 Å². The van der Waals surface area contributed by atoms with Gasteiger partial charge in [0, 0.05) is 17.3 Å². The third kappa shape index (κ3) is 3.97. The van der Waals surface area contributed by atoms with Crippen molar-refractivity contribution < 1.29 is 4.39 Å². The smallest absolute Gasteiger partial charge is 0.248 e. The molecule has 37 heavy (non-hydrogen) atoms. The van der Waals surface area contributed by atoms with Gasteiger partial charge >= 0.3 is 0 Å². The fraction of sp³-hybridized carbons (Fsp3) is 0.481. The summed E-state index contributed by atoms with van der Waals surface area (Å²) >= 11 is 1.55. The summed E-state index contributed by atoms with van der Waals surface area (Å²) in [7, 11) is 0. The number of hydrogen-bond donors (Lipinski definition) is 2. The quantitative estimate of drug-likeness (QED) is 0.364. The molecule has 3 fully saturated rings. The van der Waals surface area contributed by atoms with Crippen molar-refractivity contribution >= 4 is 39.1 Å². The Labute approximate surface area is 219 Å². The Morgan fingerprint density at radius 3 is 2.76 bits per heavy atom. The van der Waals surface area contributed by atoms with E-state index in [9.17, 15) is 0 Å². The first kappa shape index (κ1) is 23.0. The molecule has 7 rings (SSSR count). The number of likely N-dealkylation sites (tertiary alicyclic amines) is 1. The maximum atomic E-state index is 15.2. The van der Waals surface area contributed by atoms with Crippen molar-refractivity contribution in [2.24, 2.45) is 11.8 Å². The van der Waals surface area contributed by atoms with Crippen LogP contribution in [0.5, 0.6) is 0 Å². The molecule has 3 aromatic heterocycles. The van der Waals surface area contributed by atoms with Gasteiger partial charge in [0.25, 0.3) is 0 Å². The first-order valence-electron chi connectivity index (χ1n) is 13.3. The largest absolute Gasteiger partial charge is 0.368 e. The Kier molecular flexibility index (Phi) is 5.62. The maximum absolute atomic E-state index is 15.2. The van der Waals surface area contributed by atoms with E-state index in [0.29, 0.717) is 17.5 Å². The summed E-state index contributed by atoms with van der Waals surface area (Å²) in [4.78, 5) is 15.9. The summed E-state index contributed by atoms with van der Waals surface area (Å²) in [6.45, 7) is 4.09. The molecule has 2 saturated carbocycles. The summed E-state index contributed by atoms with van der Waals surface area (Å²) in [5.41, 5.74) is 9.64. The van der Waals surface area contributed by atoms with Crippen LogP contribution in [0.1, 0.15) is 55.6 Å². The molecule has 10 heteroatoms. The predicted octanol–water partition coefficient (Wildman–Crippen LogP) is 5.41. The number of nitrogens with two attached hydrogens (primary N) is 1. The highest BCUT2D eigenvalue weighted by Gasteiger charge is 2.43. The fourth-order valence-corrected chi connectivity index (χ4v) is 7.98. The minimum atomic E-state index is -0.178. The lowest BCUT2D eigenvalue weighted by Gasteiger charge is -2.40. The Hall–Kier alpha value is -3.11. The van der Waals surface area contributed by atoms with Crippen molar-refractivity contribution in [2.45, 2.75) is 57.4 Å². The van der Waals surface area contributed by atoms with Crippen molar-refractivity contribution in [2.75, 3.05) is 24.1 Å². The van der Waals surface area contributed by atoms with Crippen LogP contribution < -0.4 is 11.1 Å². The van der Waals surface area contributed by atoms with Crippen molar-refractivity contribution in [3.05, 3.63) is 46.9 Å². The molecule has 4 aromatic rings. The molecule has 0 amide bonds. The van der Waals surface area contributed by atoms with Gasteiger partial charge in [0.05, 0.1) is 10.2 Å². The predicted molar refractivity (Wildman–Crippen MR) is 144 cm³/mol. The standard InChI is InChI=1S/C27H31FN8S/c1-15-13-37-24-23(15)30-14-31-25(24)36-26(29)33-27(34-36)32-20-4-2-3-19(28)22(20)17-7-9-35(10-8-17)21-12-16-5-6-18(21)11-16/h2-4,13-14,16-18,21H,5-12H2,1H3,(H3,29,32,33,34)/t16-,18+,21+/m1/s1. The molecule has 0 spiro atoms. The highest BCUT2D eigenvalue weighted by atomic mass is 32.1. The summed E-state index contributed by atoms with van der Waals surface area (Å²) in [6, 6.07) is 5.94. The number of nitrogen functional groups attached to an aromatic ring is 1. The molecule has 1 saturated heterocycles. The number of piperidine rings is 1. The lowest BCUT2D eigenvalue weighted by Crippen LogP contribution is -2.43. The van der Waals surface area contributed by atoms with Gasteiger partial charge in [-0.05, 0) is 92.9 Å². The van der Waals surface area contributed by atoms with Crippen LogP contribution in [0.4, 0.5) is 22.0 Å². The van der Waals surface area contributed by atoms with E-state index in [1.165, 1.54) is 36.7 Å². The zero-order valence-electron chi connectivity index (χ0n) is 20.9. The van der Waals surface area contributed by atoms with Gasteiger partial charge in [0.15, 0.2) is 5.82 Å². The van der Waals surface area contributed by atoms with Crippen LogP contribution in [0, 0.1) is 24.6 Å². The lowest BCUT2D eigenvalue weighted by atomic mass is 9.85. The van der Waals surface area contributed by atoms with Gasteiger partial charge in [0.1, 0.15) is 12.1 Å². The number of thiophene rings is 1. The van der Waals surface area contributed by atoms with E-state index in [4.69, 9.17) is 5.73 Å². The number of nitrogens with one attached hydrogen (secondary N) is 1. The molecule has 192 valence electrons. The second-order valence-electron chi connectivity index (χ2n) is 10.9. The summed E-state index contributed by atoms with van der Waals surface area (Å²) < 4.78 is 17.7. The third-order valence-corrected chi connectivity index (χ3v) is 9.83. The Morgan fingerprint density at radius 2 is 1.97 bits per heavy atom. The zero-order valence-corrected chi connectivity index (χ0v) is 21.7. The maximum Gasteiger partial charge on any atom is 0.248 e. The zero-order chi connectivity index (χ0) is 25.1. The molecular formula is C27H31FN8S. The van der Waals surface area contributed by atoms with Gasteiger partial charge in [-0.1, -0.05) is 12.5 Å². The summed E-state index contributed by atoms with van der Waals surface area (Å²) in [6.07, 6.45) is 9.04. The van der Waals surface area contributed by atoms with Gasteiger partial charge in [-0.3, -0.25) is 0 Å². The van der Waals surface area contributed by atoms with Gasteiger partial charge in [-0.15, -0.1) is 16.4 Å². The van der Waals surface area contributed by atoms with Gasteiger partial charge in [-0.2, -0.15) is 9.67 Å². The molecule has 0 unspecified atom stereocenters. The molecule has 2 aliphatic carbocycles. The molecule has 3 N–H and O–H groups in total.